The van der Waals surface area contributed by atoms with Crippen molar-refractivity contribution in [2.75, 3.05) is 13.1 Å². The summed E-state index contributed by atoms with van der Waals surface area (Å²) in [6.45, 7) is 4.02. The van der Waals surface area contributed by atoms with Crippen LogP contribution < -0.4 is 5.32 Å². The Labute approximate surface area is 90.5 Å². The van der Waals surface area contributed by atoms with E-state index in [-0.39, 0.29) is 6.10 Å². The molecule has 2 rings (SSSR count). The van der Waals surface area contributed by atoms with Gasteiger partial charge in [-0.15, -0.1) is 0 Å². The van der Waals surface area contributed by atoms with Gasteiger partial charge in [-0.25, -0.2) is 0 Å². The summed E-state index contributed by atoms with van der Waals surface area (Å²) in [5.74, 6) is 0.335. The van der Waals surface area contributed by atoms with Crippen LogP contribution in [0.2, 0.25) is 0 Å². The fourth-order valence-electron chi connectivity index (χ4n) is 2.19. The molecule has 0 saturated carbocycles. The molecule has 0 aromatic carbocycles. The van der Waals surface area contributed by atoms with E-state index in [2.05, 4.69) is 10.3 Å². The fraction of sp³-hybridized carbons (Fsp3) is 0.583. The minimum Gasteiger partial charge on any atom is -0.388 e. The number of aliphatic hydroxyl groups excluding tert-OH is 1. The van der Waals surface area contributed by atoms with Crippen molar-refractivity contribution in [3.63, 3.8) is 0 Å². The van der Waals surface area contributed by atoms with E-state index in [4.69, 9.17) is 0 Å². The maximum Gasteiger partial charge on any atom is 0.0847 e. The zero-order chi connectivity index (χ0) is 10.7. The van der Waals surface area contributed by atoms with Crippen LogP contribution in [0.15, 0.2) is 18.5 Å². The molecule has 2 heterocycles. The van der Waals surface area contributed by atoms with Crippen molar-refractivity contribution in [1.82, 2.24) is 10.3 Å². The minimum absolute atomic E-state index is 0.335. The maximum absolute atomic E-state index is 10.2. The van der Waals surface area contributed by atoms with Gasteiger partial charge in [0, 0.05) is 30.4 Å². The summed E-state index contributed by atoms with van der Waals surface area (Å²) in [6, 6.07) is 1.95. The Kier molecular flexibility index (Phi) is 3.34. The van der Waals surface area contributed by atoms with Gasteiger partial charge >= 0.3 is 0 Å². The van der Waals surface area contributed by atoms with E-state index in [9.17, 15) is 5.11 Å². The van der Waals surface area contributed by atoms with E-state index in [1.807, 2.05) is 13.0 Å². The second kappa shape index (κ2) is 4.73. The second-order valence-electron chi connectivity index (χ2n) is 4.28. The third-order valence-corrected chi connectivity index (χ3v) is 3.18. The van der Waals surface area contributed by atoms with Gasteiger partial charge in [0.15, 0.2) is 0 Å². The van der Waals surface area contributed by atoms with Crippen LogP contribution in [-0.4, -0.2) is 23.2 Å². The number of nitrogens with zero attached hydrogens (tertiary/aromatic N) is 1. The zero-order valence-corrected chi connectivity index (χ0v) is 9.11. The Hall–Kier alpha value is -0.930. The standard InChI is InChI=1S/C12H18N2O/c1-9-4-6-14-8-11(9)12(15)10-3-2-5-13-7-10/h4,6,8,10,12-13,15H,2-3,5,7H2,1H3. The number of aliphatic hydroxyl groups is 1. The van der Waals surface area contributed by atoms with Crippen LogP contribution in [0.4, 0.5) is 0 Å². The number of rotatable bonds is 2. The molecule has 0 amide bonds. The fourth-order valence-corrected chi connectivity index (χ4v) is 2.19. The first-order valence-electron chi connectivity index (χ1n) is 5.58. The molecule has 0 aliphatic carbocycles. The van der Waals surface area contributed by atoms with Gasteiger partial charge in [0.05, 0.1) is 6.10 Å². The van der Waals surface area contributed by atoms with Crippen molar-refractivity contribution in [2.24, 2.45) is 5.92 Å². The van der Waals surface area contributed by atoms with Crippen molar-refractivity contribution < 1.29 is 5.11 Å². The predicted octanol–water partition coefficient (Wildman–Crippen LogP) is 1.42. The normalized spacial score (nSPS) is 23.7. The van der Waals surface area contributed by atoms with Gasteiger partial charge in [0.1, 0.15) is 0 Å². The summed E-state index contributed by atoms with van der Waals surface area (Å²) < 4.78 is 0. The van der Waals surface area contributed by atoms with E-state index < -0.39 is 0 Å². The van der Waals surface area contributed by atoms with Crippen LogP contribution in [0, 0.1) is 12.8 Å². The lowest BCUT2D eigenvalue weighted by molar-refractivity contribution is 0.0913. The van der Waals surface area contributed by atoms with Gasteiger partial charge in [-0.2, -0.15) is 0 Å². The Bertz CT molecular complexity index is 321. The first kappa shape index (κ1) is 10.6. The van der Waals surface area contributed by atoms with Gasteiger partial charge in [-0.3, -0.25) is 4.98 Å². The monoisotopic (exact) mass is 206 g/mol. The molecule has 1 fully saturated rings. The molecule has 1 aromatic heterocycles. The Morgan fingerprint density at radius 3 is 3.13 bits per heavy atom. The van der Waals surface area contributed by atoms with E-state index in [0.29, 0.717) is 5.92 Å². The van der Waals surface area contributed by atoms with Crippen molar-refractivity contribution in [3.05, 3.63) is 29.6 Å². The third-order valence-electron chi connectivity index (χ3n) is 3.18. The predicted molar refractivity (Wildman–Crippen MR) is 59.5 cm³/mol. The lowest BCUT2D eigenvalue weighted by atomic mass is 9.88. The molecule has 0 spiro atoms. The summed E-state index contributed by atoms with van der Waals surface area (Å²) in [5, 5.41) is 13.6. The molecule has 2 N–H and O–H groups in total. The number of hydrogen-bond donors (Lipinski definition) is 2. The minimum atomic E-state index is -0.369. The number of aryl methyl sites for hydroxylation is 1. The van der Waals surface area contributed by atoms with E-state index in [1.54, 1.807) is 12.4 Å². The van der Waals surface area contributed by atoms with Gasteiger partial charge < -0.3 is 10.4 Å². The molecular weight excluding hydrogens is 188 g/mol. The van der Waals surface area contributed by atoms with Gasteiger partial charge in [-0.05, 0) is 37.9 Å². The van der Waals surface area contributed by atoms with Gasteiger partial charge in [0.2, 0.25) is 0 Å². The third kappa shape index (κ3) is 2.36. The molecule has 2 unspecified atom stereocenters. The highest BCUT2D eigenvalue weighted by molar-refractivity contribution is 5.24. The Balaban J connectivity index is 2.12. The Morgan fingerprint density at radius 1 is 1.60 bits per heavy atom. The van der Waals surface area contributed by atoms with Crippen molar-refractivity contribution in [3.8, 4) is 0 Å². The van der Waals surface area contributed by atoms with Crippen LogP contribution in [0.3, 0.4) is 0 Å². The van der Waals surface area contributed by atoms with Crippen molar-refractivity contribution in [2.45, 2.75) is 25.9 Å². The average molecular weight is 206 g/mol. The zero-order valence-electron chi connectivity index (χ0n) is 9.11. The number of pyridine rings is 1. The smallest absolute Gasteiger partial charge is 0.0847 e. The lowest BCUT2D eigenvalue weighted by Gasteiger charge is -2.28. The molecule has 0 radical (unpaired) electrons. The largest absolute Gasteiger partial charge is 0.388 e. The number of piperidine rings is 1. The first-order chi connectivity index (χ1) is 7.29. The van der Waals surface area contributed by atoms with Gasteiger partial charge in [0.25, 0.3) is 0 Å². The van der Waals surface area contributed by atoms with Crippen LogP contribution in [-0.2, 0) is 0 Å². The molecule has 2 atom stereocenters. The molecule has 82 valence electrons. The summed E-state index contributed by atoms with van der Waals surface area (Å²) in [4.78, 5) is 4.08. The highest BCUT2D eigenvalue weighted by Crippen LogP contribution is 2.28. The van der Waals surface area contributed by atoms with Crippen LogP contribution in [0.25, 0.3) is 0 Å². The number of aromatic nitrogens is 1. The van der Waals surface area contributed by atoms with Crippen LogP contribution in [0.1, 0.15) is 30.1 Å². The number of nitrogens with one attached hydrogen (secondary N) is 1. The highest BCUT2D eigenvalue weighted by Gasteiger charge is 2.23. The quantitative estimate of drug-likeness (QED) is 0.769. The molecule has 3 heteroatoms. The van der Waals surface area contributed by atoms with E-state index in [1.165, 1.54) is 0 Å². The molecule has 0 bridgehead atoms. The summed E-state index contributed by atoms with van der Waals surface area (Å²) in [7, 11) is 0. The van der Waals surface area contributed by atoms with E-state index >= 15 is 0 Å². The molecule has 1 aromatic rings. The second-order valence-corrected chi connectivity index (χ2v) is 4.28. The van der Waals surface area contributed by atoms with Crippen LogP contribution >= 0.6 is 0 Å². The molecule has 1 saturated heterocycles. The number of hydrogen-bond acceptors (Lipinski definition) is 3. The lowest BCUT2D eigenvalue weighted by Crippen LogP contribution is -2.33. The summed E-state index contributed by atoms with van der Waals surface area (Å²) in [5.41, 5.74) is 2.11. The molecule has 3 nitrogen and oxygen atoms in total. The highest BCUT2D eigenvalue weighted by atomic mass is 16.3. The molecule has 1 aliphatic heterocycles. The molecular formula is C12H18N2O. The first-order valence-corrected chi connectivity index (χ1v) is 5.58. The topological polar surface area (TPSA) is 45.2 Å². The SMILES string of the molecule is Cc1ccncc1C(O)C1CCCNC1. The Morgan fingerprint density at radius 2 is 2.47 bits per heavy atom. The van der Waals surface area contributed by atoms with Crippen molar-refractivity contribution >= 4 is 0 Å². The van der Waals surface area contributed by atoms with Gasteiger partial charge in [-0.1, -0.05) is 0 Å². The summed E-state index contributed by atoms with van der Waals surface area (Å²) >= 11 is 0. The molecule has 15 heavy (non-hydrogen) atoms. The summed E-state index contributed by atoms with van der Waals surface area (Å²) in [6.07, 6.45) is 5.44. The average Bonchev–Trinajstić information content (AvgIpc) is 2.30. The maximum atomic E-state index is 10.2. The van der Waals surface area contributed by atoms with E-state index in [0.717, 1.165) is 37.1 Å². The van der Waals surface area contributed by atoms with Crippen molar-refractivity contribution in [1.29, 1.82) is 0 Å². The molecule has 1 aliphatic rings. The van der Waals surface area contributed by atoms with Crippen LogP contribution in [0.5, 0.6) is 0 Å².